The molecular formula is C17H13F2N3O2. The third-order valence-electron chi connectivity index (χ3n) is 3.30. The zero-order valence-electron chi connectivity index (χ0n) is 12.9. The lowest BCUT2D eigenvalue weighted by Crippen LogP contribution is -2.16. The van der Waals surface area contributed by atoms with Crippen LogP contribution in [0, 0.1) is 25.5 Å². The summed E-state index contributed by atoms with van der Waals surface area (Å²) >= 11 is 0. The molecule has 7 heteroatoms. The van der Waals surface area contributed by atoms with Crippen molar-refractivity contribution in [1.82, 2.24) is 10.2 Å². The highest BCUT2D eigenvalue weighted by Gasteiger charge is 2.19. The maximum absolute atomic E-state index is 13.6. The summed E-state index contributed by atoms with van der Waals surface area (Å²) in [5.41, 5.74) is 2.02. The summed E-state index contributed by atoms with van der Waals surface area (Å²) in [6.45, 7) is 3.85. The van der Waals surface area contributed by atoms with Crippen molar-refractivity contribution in [2.45, 2.75) is 13.8 Å². The molecule has 0 fully saturated rings. The highest BCUT2D eigenvalue weighted by Crippen LogP contribution is 2.23. The Kier molecular flexibility index (Phi) is 4.07. The van der Waals surface area contributed by atoms with Gasteiger partial charge >= 0.3 is 6.01 Å². The number of rotatable bonds is 3. The molecule has 0 atom stereocenters. The number of aromatic nitrogens is 2. The Hall–Kier alpha value is -3.09. The van der Waals surface area contributed by atoms with Gasteiger partial charge in [0.1, 0.15) is 17.2 Å². The first-order valence-electron chi connectivity index (χ1n) is 7.11. The molecule has 122 valence electrons. The van der Waals surface area contributed by atoms with Gasteiger partial charge in [-0.3, -0.25) is 10.1 Å². The molecule has 1 aromatic heterocycles. The first-order chi connectivity index (χ1) is 11.4. The van der Waals surface area contributed by atoms with E-state index in [0.29, 0.717) is 5.56 Å². The molecular weight excluding hydrogens is 316 g/mol. The topological polar surface area (TPSA) is 68.0 Å². The molecule has 0 aliphatic carbocycles. The molecule has 0 unspecified atom stereocenters. The maximum atomic E-state index is 13.6. The van der Waals surface area contributed by atoms with Crippen LogP contribution < -0.4 is 5.32 Å². The van der Waals surface area contributed by atoms with Gasteiger partial charge in [-0.05, 0) is 38.1 Å². The van der Waals surface area contributed by atoms with E-state index in [0.717, 1.165) is 23.3 Å². The quantitative estimate of drug-likeness (QED) is 0.792. The molecule has 0 saturated heterocycles. The van der Waals surface area contributed by atoms with Gasteiger partial charge in [0.2, 0.25) is 5.89 Å². The molecule has 1 N–H and O–H groups in total. The fourth-order valence-corrected chi connectivity index (χ4v) is 2.36. The number of nitrogens with one attached hydrogen (secondary N) is 1. The summed E-state index contributed by atoms with van der Waals surface area (Å²) in [7, 11) is 0. The number of anilines is 1. The van der Waals surface area contributed by atoms with E-state index in [1.165, 1.54) is 6.07 Å². The van der Waals surface area contributed by atoms with Crippen molar-refractivity contribution in [3.63, 3.8) is 0 Å². The Morgan fingerprint density at radius 2 is 1.67 bits per heavy atom. The van der Waals surface area contributed by atoms with Gasteiger partial charge in [-0.2, -0.15) is 0 Å². The largest absolute Gasteiger partial charge is 0.403 e. The normalized spacial score (nSPS) is 10.7. The summed E-state index contributed by atoms with van der Waals surface area (Å²) in [6.07, 6.45) is 0. The monoisotopic (exact) mass is 329 g/mol. The predicted octanol–water partition coefficient (Wildman–Crippen LogP) is 3.88. The van der Waals surface area contributed by atoms with Crippen LogP contribution in [-0.4, -0.2) is 16.1 Å². The van der Waals surface area contributed by atoms with Crippen molar-refractivity contribution < 1.29 is 18.0 Å². The van der Waals surface area contributed by atoms with Crippen LogP contribution in [0.3, 0.4) is 0 Å². The summed E-state index contributed by atoms with van der Waals surface area (Å²) in [4.78, 5) is 12.0. The maximum Gasteiger partial charge on any atom is 0.322 e. The number of nitrogens with zero attached hydrogens (tertiary/aromatic N) is 2. The van der Waals surface area contributed by atoms with Gasteiger partial charge in [0.05, 0.1) is 0 Å². The number of benzene rings is 2. The third kappa shape index (κ3) is 3.15. The van der Waals surface area contributed by atoms with E-state index >= 15 is 0 Å². The Labute approximate surface area is 136 Å². The van der Waals surface area contributed by atoms with E-state index in [9.17, 15) is 13.6 Å². The fourth-order valence-electron chi connectivity index (χ4n) is 2.36. The zero-order valence-corrected chi connectivity index (χ0v) is 12.9. The number of carbonyl (C=O) groups is 1. The molecule has 0 saturated carbocycles. The molecule has 3 aromatic rings. The van der Waals surface area contributed by atoms with Crippen molar-refractivity contribution in [2.75, 3.05) is 5.32 Å². The van der Waals surface area contributed by atoms with Crippen LogP contribution in [0.1, 0.15) is 21.5 Å². The lowest BCUT2D eigenvalue weighted by molar-refractivity contribution is 0.101. The average Bonchev–Trinajstić information content (AvgIpc) is 2.94. The predicted molar refractivity (Wildman–Crippen MR) is 83.5 cm³/mol. The van der Waals surface area contributed by atoms with Crippen LogP contribution in [0.25, 0.3) is 11.5 Å². The van der Waals surface area contributed by atoms with E-state index < -0.39 is 23.1 Å². The van der Waals surface area contributed by atoms with Crippen molar-refractivity contribution in [1.29, 1.82) is 0 Å². The van der Waals surface area contributed by atoms with Gasteiger partial charge in [0, 0.05) is 5.56 Å². The average molecular weight is 329 g/mol. The van der Waals surface area contributed by atoms with Crippen LogP contribution in [0.15, 0.2) is 40.8 Å². The van der Waals surface area contributed by atoms with Gasteiger partial charge in [0.25, 0.3) is 5.91 Å². The molecule has 0 radical (unpaired) electrons. The molecule has 5 nitrogen and oxygen atoms in total. The van der Waals surface area contributed by atoms with Crippen molar-refractivity contribution in [2.24, 2.45) is 0 Å². The molecule has 0 aliphatic heterocycles. The molecule has 1 heterocycles. The second-order valence-electron chi connectivity index (χ2n) is 5.34. The number of aryl methyl sites for hydroxylation is 2. The first-order valence-corrected chi connectivity index (χ1v) is 7.11. The minimum Gasteiger partial charge on any atom is -0.403 e. The van der Waals surface area contributed by atoms with Crippen LogP contribution in [0.2, 0.25) is 0 Å². The Morgan fingerprint density at radius 3 is 2.29 bits per heavy atom. The van der Waals surface area contributed by atoms with Gasteiger partial charge in [-0.15, -0.1) is 5.10 Å². The molecule has 0 bridgehead atoms. The highest BCUT2D eigenvalue weighted by molar-refractivity contribution is 6.03. The molecule has 2 aromatic carbocycles. The Morgan fingerprint density at radius 1 is 1.04 bits per heavy atom. The summed E-state index contributed by atoms with van der Waals surface area (Å²) < 4.78 is 32.5. The first kappa shape index (κ1) is 15.8. The van der Waals surface area contributed by atoms with Crippen molar-refractivity contribution in [3.8, 4) is 11.5 Å². The smallest absolute Gasteiger partial charge is 0.322 e. The summed E-state index contributed by atoms with van der Waals surface area (Å²) in [6, 6.07) is 8.61. The highest BCUT2D eigenvalue weighted by atomic mass is 19.1. The number of hydrogen-bond donors (Lipinski definition) is 1. The molecule has 1 amide bonds. The van der Waals surface area contributed by atoms with Crippen molar-refractivity contribution >= 4 is 11.9 Å². The number of halogens is 2. The molecule has 0 aliphatic rings. The fraction of sp³-hybridized carbons (Fsp3) is 0.118. The van der Waals surface area contributed by atoms with E-state index in [4.69, 9.17) is 4.42 Å². The third-order valence-corrected chi connectivity index (χ3v) is 3.30. The Balaban J connectivity index is 1.85. The second-order valence-corrected chi connectivity index (χ2v) is 5.34. The number of amides is 1. The molecule has 3 rings (SSSR count). The zero-order chi connectivity index (χ0) is 17.3. The lowest BCUT2D eigenvalue weighted by Gasteiger charge is -2.03. The Bertz CT molecular complexity index is 881. The van der Waals surface area contributed by atoms with Gasteiger partial charge in [0.15, 0.2) is 0 Å². The van der Waals surface area contributed by atoms with Gasteiger partial charge in [-0.25, -0.2) is 8.78 Å². The van der Waals surface area contributed by atoms with Gasteiger partial charge in [-0.1, -0.05) is 28.4 Å². The lowest BCUT2D eigenvalue weighted by atomic mass is 10.1. The van der Waals surface area contributed by atoms with Crippen LogP contribution in [0.4, 0.5) is 14.8 Å². The minimum absolute atomic E-state index is 0.200. The van der Waals surface area contributed by atoms with E-state index in [1.807, 2.05) is 32.0 Å². The summed E-state index contributed by atoms with van der Waals surface area (Å²) in [5.74, 6) is -2.74. The van der Waals surface area contributed by atoms with E-state index in [2.05, 4.69) is 15.5 Å². The SMILES string of the molecule is Cc1cc(C)cc(-c2nnc(NC(=O)c3c(F)cccc3F)o2)c1. The van der Waals surface area contributed by atoms with Crippen LogP contribution in [0.5, 0.6) is 0 Å². The van der Waals surface area contributed by atoms with E-state index in [1.54, 1.807) is 0 Å². The van der Waals surface area contributed by atoms with Crippen LogP contribution in [-0.2, 0) is 0 Å². The summed E-state index contributed by atoms with van der Waals surface area (Å²) in [5, 5.41) is 9.72. The minimum atomic E-state index is -0.999. The second kappa shape index (κ2) is 6.19. The number of carbonyl (C=O) groups excluding carboxylic acids is 1. The van der Waals surface area contributed by atoms with Gasteiger partial charge < -0.3 is 4.42 Å². The standard InChI is InChI=1S/C17H13F2N3O2/c1-9-6-10(2)8-11(7-9)16-21-22-17(24-16)20-15(23)14-12(18)4-3-5-13(14)19/h3-8H,1-2H3,(H,20,22,23). The van der Waals surface area contributed by atoms with Crippen LogP contribution >= 0.6 is 0 Å². The molecule has 0 spiro atoms. The molecule has 24 heavy (non-hydrogen) atoms. The number of hydrogen-bond acceptors (Lipinski definition) is 4. The van der Waals surface area contributed by atoms with E-state index in [-0.39, 0.29) is 11.9 Å². The van der Waals surface area contributed by atoms with Crippen molar-refractivity contribution in [3.05, 3.63) is 64.7 Å².